The van der Waals surface area contributed by atoms with Crippen LogP contribution in [-0.2, 0) is 4.79 Å². The molecule has 0 aromatic rings. The maximum Gasteiger partial charge on any atom is 0.306 e. The first-order valence-electron chi connectivity index (χ1n) is 3.91. The zero-order chi connectivity index (χ0) is 8.85. The molecule has 64 valence electrons. The molecule has 11 heavy (non-hydrogen) atoms. The Labute approximate surface area is 67.9 Å². The number of carbonyl (C=O) groups is 1. The quantitative estimate of drug-likeness (QED) is 0.621. The van der Waals surface area contributed by atoms with Crippen molar-refractivity contribution in [2.45, 2.75) is 33.1 Å². The molecule has 0 aliphatic carbocycles. The van der Waals surface area contributed by atoms with Gasteiger partial charge in [0.25, 0.3) is 0 Å². The number of rotatable bonds is 5. The van der Waals surface area contributed by atoms with Crippen molar-refractivity contribution in [1.29, 1.82) is 0 Å². The molecule has 2 heteroatoms. The third kappa shape index (κ3) is 5.64. The summed E-state index contributed by atoms with van der Waals surface area (Å²) in [6.45, 7) is 7.45. The number of hydrogen-bond donors (Lipinski definition) is 1. The van der Waals surface area contributed by atoms with Crippen LogP contribution in [0.15, 0.2) is 12.2 Å². The predicted octanol–water partition coefficient (Wildman–Crippen LogP) is 2.45. The van der Waals surface area contributed by atoms with Crippen LogP contribution < -0.4 is 0 Å². The maximum atomic E-state index is 10.4. The minimum atomic E-state index is -0.702. The molecule has 0 bridgehead atoms. The summed E-state index contributed by atoms with van der Waals surface area (Å²) in [5.74, 6) is -0.916. The normalized spacial score (nSPS) is 12.5. The lowest BCUT2D eigenvalue weighted by Crippen LogP contribution is -2.08. The third-order valence-electron chi connectivity index (χ3n) is 1.66. The van der Waals surface area contributed by atoms with Crippen LogP contribution in [-0.4, -0.2) is 11.1 Å². The summed E-state index contributed by atoms with van der Waals surface area (Å²) < 4.78 is 0. The van der Waals surface area contributed by atoms with Crippen LogP contribution in [0.4, 0.5) is 0 Å². The lowest BCUT2D eigenvalue weighted by Gasteiger charge is -2.04. The van der Waals surface area contributed by atoms with Crippen LogP contribution >= 0.6 is 0 Å². The van der Waals surface area contributed by atoms with Gasteiger partial charge in [0, 0.05) is 0 Å². The van der Waals surface area contributed by atoms with E-state index in [-0.39, 0.29) is 5.92 Å². The summed E-state index contributed by atoms with van der Waals surface area (Å²) in [5.41, 5.74) is 1.13. The molecule has 1 atom stereocenters. The van der Waals surface area contributed by atoms with Crippen molar-refractivity contribution < 1.29 is 9.90 Å². The molecule has 0 radical (unpaired) electrons. The summed E-state index contributed by atoms with van der Waals surface area (Å²) in [6.07, 6.45) is 2.63. The molecular weight excluding hydrogens is 140 g/mol. The zero-order valence-corrected chi connectivity index (χ0v) is 7.26. The summed E-state index contributed by atoms with van der Waals surface area (Å²) in [5, 5.41) is 8.52. The highest BCUT2D eigenvalue weighted by Gasteiger charge is 2.09. The number of hydrogen-bond acceptors (Lipinski definition) is 1. The molecule has 1 N–H and O–H groups in total. The molecule has 0 heterocycles. The Balaban J connectivity index is 3.39. The van der Waals surface area contributed by atoms with E-state index in [2.05, 4.69) is 6.58 Å². The second-order valence-corrected chi connectivity index (χ2v) is 3.09. The van der Waals surface area contributed by atoms with Crippen LogP contribution in [0.2, 0.25) is 0 Å². The van der Waals surface area contributed by atoms with E-state index in [0.29, 0.717) is 0 Å². The number of allylic oxidation sites excluding steroid dienone is 1. The topological polar surface area (TPSA) is 37.3 Å². The van der Waals surface area contributed by atoms with Gasteiger partial charge in [-0.05, 0) is 26.2 Å². The van der Waals surface area contributed by atoms with Gasteiger partial charge in [-0.1, -0.05) is 12.5 Å². The lowest BCUT2D eigenvalue weighted by atomic mass is 10.0. The van der Waals surface area contributed by atoms with Crippen molar-refractivity contribution in [2.24, 2.45) is 5.92 Å². The van der Waals surface area contributed by atoms with Crippen LogP contribution in [0.5, 0.6) is 0 Å². The monoisotopic (exact) mass is 156 g/mol. The number of carboxylic acids is 1. The minimum absolute atomic E-state index is 0.214. The molecular formula is C9H16O2. The van der Waals surface area contributed by atoms with Gasteiger partial charge >= 0.3 is 5.97 Å². The molecule has 0 saturated heterocycles. The second kappa shape index (κ2) is 4.94. The van der Waals surface area contributed by atoms with Crippen molar-refractivity contribution in [3.05, 3.63) is 12.2 Å². The summed E-state index contributed by atoms with van der Waals surface area (Å²) in [4.78, 5) is 10.4. The van der Waals surface area contributed by atoms with E-state index in [1.807, 2.05) is 6.92 Å². The van der Waals surface area contributed by atoms with Crippen molar-refractivity contribution in [1.82, 2.24) is 0 Å². The Hall–Kier alpha value is -0.790. The predicted molar refractivity (Wildman–Crippen MR) is 45.5 cm³/mol. The molecule has 0 amide bonds. The average Bonchev–Trinajstić information content (AvgIpc) is 1.86. The highest BCUT2D eigenvalue weighted by Crippen LogP contribution is 2.10. The van der Waals surface area contributed by atoms with Gasteiger partial charge in [0.1, 0.15) is 0 Å². The first-order chi connectivity index (χ1) is 5.04. The van der Waals surface area contributed by atoms with E-state index in [1.165, 1.54) is 0 Å². The SMILES string of the molecule is C=C(C)CCC[C@H](C)C(=O)O. The van der Waals surface area contributed by atoms with Crippen molar-refractivity contribution in [3.63, 3.8) is 0 Å². The molecule has 0 aliphatic heterocycles. The van der Waals surface area contributed by atoms with E-state index in [0.717, 1.165) is 24.8 Å². The van der Waals surface area contributed by atoms with Gasteiger partial charge in [0.15, 0.2) is 0 Å². The maximum absolute atomic E-state index is 10.4. The Bertz CT molecular complexity index is 150. The Morgan fingerprint density at radius 3 is 2.55 bits per heavy atom. The number of aliphatic carboxylic acids is 1. The molecule has 0 unspecified atom stereocenters. The molecule has 0 aliphatic rings. The average molecular weight is 156 g/mol. The van der Waals surface area contributed by atoms with Crippen LogP contribution in [0.1, 0.15) is 33.1 Å². The molecule has 0 aromatic heterocycles. The van der Waals surface area contributed by atoms with Crippen LogP contribution in [0.25, 0.3) is 0 Å². The molecule has 0 spiro atoms. The molecule has 0 saturated carbocycles. The highest BCUT2D eigenvalue weighted by molar-refractivity contribution is 5.69. The van der Waals surface area contributed by atoms with E-state index in [1.54, 1.807) is 6.92 Å². The van der Waals surface area contributed by atoms with Gasteiger partial charge < -0.3 is 5.11 Å². The van der Waals surface area contributed by atoms with E-state index < -0.39 is 5.97 Å². The third-order valence-corrected chi connectivity index (χ3v) is 1.66. The first-order valence-corrected chi connectivity index (χ1v) is 3.91. The molecule has 2 nitrogen and oxygen atoms in total. The minimum Gasteiger partial charge on any atom is -0.481 e. The fourth-order valence-electron chi connectivity index (χ4n) is 0.834. The first kappa shape index (κ1) is 10.2. The van der Waals surface area contributed by atoms with Gasteiger partial charge in [-0.2, -0.15) is 0 Å². The van der Waals surface area contributed by atoms with E-state index in [4.69, 9.17) is 5.11 Å². The smallest absolute Gasteiger partial charge is 0.306 e. The lowest BCUT2D eigenvalue weighted by molar-refractivity contribution is -0.141. The van der Waals surface area contributed by atoms with Gasteiger partial charge in [-0.15, -0.1) is 6.58 Å². The Morgan fingerprint density at radius 1 is 1.64 bits per heavy atom. The van der Waals surface area contributed by atoms with Crippen LogP contribution in [0, 0.1) is 5.92 Å². The molecule has 0 aromatic carbocycles. The Morgan fingerprint density at radius 2 is 2.18 bits per heavy atom. The highest BCUT2D eigenvalue weighted by atomic mass is 16.4. The van der Waals surface area contributed by atoms with Crippen molar-refractivity contribution in [3.8, 4) is 0 Å². The number of carboxylic acid groups (broad SMARTS) is 1. The van der Waals surface area contributed by atoms with Gasteiger partial charge in [-0.25, -0.2) is 0 Å². The summed E-state index contributed by atoms with van der Waals surface area (Å²) in [7, 11) is 0. The fraction of sp³-hybridized carbons (Fsp3) is 0.667. The summed E-state index contributed by atoms with van der Waals surface area (Å²) in [6, 6.07) is 0. The Kier molecular flexibility index (Phi) is 4.59. The van der Waals surface area contributed by atoms with E-state index >= 15 is 0 Å². The zero-order valence-electron chi connectivity index (χ0n) is 7.26. The van der Waals surface area contributed by atoms with Gasteiger partial charge in [0.2, 0.25) is 0 Å². The molecule has 0 fully saturated rings. The molecule has 0 rings (SSSR count). The van der Waals surface area contributed by atoms with Crippen molar-refractivity contribution >= 4 is 5.97 Å². The van der Waals surface area contributed by atoms with Gasteiger partial charge in [0.05, 0.1) is 5.92 Å². The van der Waals surface area contributed by atoms with Crippen molar-refractivity contribution in [2.75, 3.05) is 0 Å². The second-order valence-electron chi connectivity index (χ2n) is 3.09. The van der Waals surface area contributed by atoms with Gasteiger partial charge in [-0.3, -0.25) is 4.79 Å². The summed E-state index contributed by atoms with van der Waals surface area (Å²) >= 11 is 0. The fourth-order valence-corrected chi connectivity index (χ4v) is 0.834. The van der Waals surface area contributed by atoms with Crippen LogP contribution in [0.3, 0.4) is 0 Å². The standard InChI is InChI=1S/C9H16O2/c1-7(2)5-4-6-8(3)9(10)11/h8H,1,4-6H2,2-3H3,(H,10,11)/t8-/m0/s1. The largest absolute Gasteiger partial charge is 0.481 e. The van der Waals surface area contributed by atoms with E-state index in [9.17, 15) is 4.79 Å².